The number of carbonyl (C=O) groups is 2. The third kappa shape index (κ3) is 6.59. The molecule has 0 atom stereocenters. The van der Waals surface area contributed by atoms with Crippen molar-refractivity contribution in [1.29, 1.82) is 0 Å². The van der Waals surface area contributed by atoms with E-state index in [1.54, 1.807) is 0 Å². The van der Waals surface area contributed by atoms with Crippen molar-refractivity contribution < 1.29 is 9.59 Å². The van der Waals surface area contributed by atoms with Crippen LogP contribution in [0.25, 0.3) is 0 Å². The zero-order valence-corrected chi connectivity index (χ0v) is 16.1. The van der Waals surface area contributed by atoms with Crippen LogP contribution < -0.4 is 5.32 Å². The summed E-state index contributed by atoms with van der Waals surface area (Å²) in [7, 11) is 0. The second kappa shape index (κ2) is 10.8. The molecule has 6 nitrogen and oxygen atoms in total. The number of amides is 2. The van der Waals surface area contributed by atoms with E-state index in [1.807, 2.05) is 0 Å². The molecule has 0 bridgehead atoms. The second-order valence-electron chi connectivity index (χ2n) is 7.37. The summed E-state index contributed by atoms with van der Waals surface area (Å²) >= 11 is 0. The summed E-state index contributed by atoms with van der Waals surface area (Å²) in [6.45, 7) is 10.2. The van der Waals surface area contributed by atoms with Gasteiger partial charge in [-0.05, 0) is 26.2 Å². The van der Waals surface area contributed by atoms with E-state index >= 15 is 0 Å². The Bertz CT molecular complexity index is 416. The van der Waals surface area contributed by atoms with E-state index in [0.717, 1.165) is 45.7 Å². The van der Waals surface area contributed by atoms with E-state index < -0.39 is 0 Å². The Kier molecular flexibility index (Phi) is 8.68. The molecule has 1 heterocycles. The number of hydrogen-bond acceptors (Lipinski definition) is 4. The van der Waals surface area contributed by atoms with Crippen LogP contribution in [0.5, 0.6) is 0 Å². The highest BCUT2D eigenvalue weighted by atomic mass is 16.2. The van der Waals surface area contributed by atoms with Crippen molar-refractivity contribution >= 4 is 11.8 Å². The standard InChI is InChI=1S/C19H36N4O2/c1-3-10-20-18(24)15-21-11-13-22(14-12-21)16-19(25)23(4-2)17-8-6-5-7-9-17/h17H,3-16H2,1-2H3,(H,20,24). The first kappa shape index (κ1) is 20.2. The van der Waals surface area contributed by atoms with Crippen molar-refractivity contribution in [1.82, 2.24) is 20.0 Å². The summed E-state index contributed by atoms with van der Waals surface area (Å²) in [5.41, 5.74) is 0. The molecule has 2 rings (SSSR count). The Labute approximate surface area is 152 Å². The SMILES string of the molecule is CCCNC(=O)CN1CCN(CC(=O)N(CC)C2CCCCC2)CC1. The highest BCUT2D eigenvalue weighted by Gasteiger charge is 2.27. The quantitative estimate of drug-likeness (QED) is 0.716. The van der Waals surface area contributed by atoms with Crippen LogP contribution in [-0.4, -0.2) is 84.9 Å². The van der Waals surface area contributed by atoms with Crippen LogP contribution in [0.15, 0.2) is 0 Å². The third-order valence-corrected chi connectivity index (χ3v) is 5.44. The molecule has 1 aliphatic carbocycles. The van der Waals surface area contributed by atoms with Crippen molar-refractivity contribution in [2.45, 2.75) is 58.4 Å². The minimum absolute atomic E-state index is 0.112. The molecule has 2 fully saturated rings. The van der Waals surface area contributed by atoms with Crippen LogP contribution in [0.3, 0.4) is 0 Å². The molecule has 0 aromatic rings. The van der Waals surface area contributed by atoms with Crippen LogP contribution in [0, 0.1) is 0 Å². The largest absolute Gasteiger partial charge is 0.355 e. The van der Waals surface area contributed by atoms with Crippen molar-refractivity contribution in [2.75, 3.05) is 52.4 Å². The van der Waals surface area contributed by atoms with Crippen LogP contribution >= 0.6 is 0 Å². The van der Waals surface area contributed by atoms with Gasteiger partial charge in [0, 0.05) is 45.3 Å². The zero-order valence-electron chi connectivity index (χ0n) is 16.1. The maximum atomic E-state index is 12.7. The second-order valence-corrected chi connectivity index (χ2v) is 7.37. The van der Waals surface area contributed by atoms with Gasteiger partial charge in [-0.15, -0.1) is 0 Å². The first-order chi connectivity index (χ1) is 12.1. The lowest BCUT2D eigenvalue weighted by Crippen LogP contribution is -2.53. The fourth-order valence-electron chi connectivity index (χ4n) is 3.94. The summed E-state index contributed by atoms with van der Waals surface area (Å²) in [6.07, 6.45) is 7.13. The maximum Gasteiger partial charge on any atom is 0.236 e. The van der Waals surface area contributed by atoms with Gasteiger partial charge >= 0.3 is 0 Å². The number of nitrogens with one attached hydrogen (secondary N) is 1. The molecule has 0 aromatic carbocycles. The predicted molar refractivity (Wildman–Crippen MR) is 100 cm³/mol. The zero-order chi connectivity index (χ0) is 18.1. The topological polar surface area (TPSA) is 55.9 Å². The molecule has 25 heavy (non-hydrogen) atoms. The lowest BCUT2D eigenvalue weighted by Gasteiger charge is -2.37. The normalized spacial score (nSPS) is 20.4. The Morgan fingerprint density at radius 3 is 2.12 bits per heavy atom. The molecule has 2 aliphatic rings. The van der Waals surface area contributed by atoms with Gasteiger partial charge in [0.2, 0.25) is 11.8 Å². The fourth-order valence-corrected chi connectivity index (χ4v) is 3.94. The lowest BCUT2D eigenvalue weighted by molar-refractivity contribution is -0.136. The summed E-state index contributed by atoms with van der Waals surface area (Å²) in [6, 6.07) is 0.454. The average molecular weight is 353 g/mol. The molecular formula is C19H36N4O2. The molecule has 6 heteroatoms. The van der Waals surface area contributed by atoms with Crippen LogP contribution in [-0.2, 0) is 9.59 Å². The monoisotopic (exact) mass is 352 g/mol. The number of rotatable bonds is 8. The first-order valence-corrected chi connectivity index (χ1v) is 10.1. The van der Waals surface area contributed by atoms with E-state index in [2.05, 4.69) is 33.9 Å². The number of carbonyl (C=O) groups excluding carboxylic acids is 2. The average Bonchev–Trinajstić information content (AvgIpc) is 2.63. The minimum Gasteiger partial charge on any atom is -0.355 e. The van der Waals surface area contributed by atoms with E-state index in [4.69, 9.17) is 0 Å². The van der Waals surface area contributed by atoms with Crippen molar-refractivity contribution in [3.63, 3.8) is 0 Å². The Hall–Kier alpha value is -1.14. The van der Waals surface area contributed by atoms with Gasteiger partial charge in [0.05, 0.1) is 13.1 Å². The van der Waals surface area contributed by atoms with E-state index in [0.29, 0.717) is 19.1 Å². The van der Waals surface area contributed by atoms with Crippen LogP contribution in [0.2, 0.25) is 0 Å². The number of nitrogens with zero attached hydrogens (tertiary/aromatic N) is 3. The lowest BCUT2D eigenvalue weighted by atomic mass is 9.94. The summed E-state index contributed by atoms with van der Waals surface area (Å²) in [5, 5.41) is 2.93. The predicted octanol–water partition coefficient (Wildman–Crippen LogP) is 1.31. The molecule has 1 saturated heterocycles. The Morgan fingerprint density at radius 2 is 1.56 bits per heavy atom. The molecule has 1 saturated carbocycles. The summed E-state index contributed by atoms with van der Waals surface area (Å²) in [4.78, 5) is 31.1. The molecule has 0 spiro atoms. The highest BCUT2D eigenvalue weighted by Crippen LogP contribution is 2.22. The Balaban J connectivity index is 1.71. The highest BCUT2D eigenvalue weighted by molar-refractivity contribution is 5.79. The first-order valence-electron chi connectivity index (χ1n) is 10.1. The third-order valence-electron chi connectivity index (χ3n) is 5.44. The van der Waals surface area contributed by atoms with Gasteiger partial charge in [0.15, 0.2) is 0 Å². The molecule has 0 unspecified atom stereocenters. The van der Waals surface area contributed by atoms with Gasteiger partial charge in [0.25, 0.3) is 0 Å². The molecule has 1 aliphatic heterocycles. The van der Waals surface area contributed by atoms with E-state index in [9.17, 15) is 9.59 Å². The molecule has 144 valence electrons. The van der Waals surface area contributed by atoms with Gasteiger partial charge in [-0.25, -0.2) is 0 Å². The van der Waals surface area contributed by atoms with Crippen molar-refractivity contribution in [3.8, 4) is 0 Å². The Morgan fingerprint density at radius 1 is 0.960 bits per heavy atom. The minimum atomic E-state index is 0.112. The van der Waals surface area contributed by atoms with Gasteiger partial charge in [-0.2, -0.15) is 0 Å². The maximum absolute atomic E-state index is 12.7. The molecule has 1 N–H and O–H groups in total. The van der Waals surface area contributed by atoms with Gasteiger partial charge in [0.1, 0.15) is 0 Å². The summed E-state index contributed by atoms with van der Waals surface area (Å²) in [5.74, 6) is 0.393. The number of piperazine rings is 1. The van der Waals surface area contributed by atoms with Crippen LogP contribution in [0.1, 0.15) is 52.4 Å². The van der Waals surface area contributed by atoms with Gasteiger partial charge in [-0.1, -0.05) is 26.2 Å². The molecule has 2 amide bonds. The fraction of sp³-hybridized carbons (Fsp3) is 0.895. The van der Waals surface area contributed by atoms with E-state index in [-0.39, 0.29) is 11.8 Å². The number of likely N-dealkylation sites (N-methyl/N-ethyl adjacent to an activating group) is 1. The van der Waals surface area contributed by atoms with Gasteiger partial charge < -0.3 is 10.2 Å². The van der Waals surface area contributed by atoms with Crippen molar-refractivity contribution in [3.05, 3.63) is 0 Å². The summed E-state index contributed by atoms with van der Waals surface area (Å²) < 4.78 is 0. The van der Waals surface area contributed by atoms with E-state index in [1.165, 1.54) is 32.1 Å². The molecule has 0 radical (unpaired) electrons. The van der Waals surface area contributed by atoms with Crippen molar-refractivity contribution in [2.24, 2.45) is 0 Å². The molecule has 0 aromatic heterocycles. The smallest absolute Gasteiger partial charge is 0.236 e. The molecular weight excluding hydrogens is 316 g/mol. The van der Waals surface area contributed by atoms with Gasteiger partial charge in [-0.3, -0.25) is 19.4 Å². The number of hydrogen-bond donors (Lipinski definition) is 1. The van der Waals surface area contributed by atoms with Crippen LogP contribution in [0.4, 0.5) is 0 Å².